The topological polar surface area (TPSA) is 66.4 Å². The molecule has 1 aliphatic carbocycles. The van der Waals surface area contributed by atoms with Crippen molar-refractivity contribution >= 4 is 11.9 Å². The number of hydrogen-bond acceptors (Lipinski definition) is 2. The lowest BCUT2D eigenvalue weighted by atomic mass is 10.0. The van der Waals surface area contributed by atoms with Crippen LogP contribution < -0.4 is 5.32 Å². The molecule has 1 rings (SSSR count). The number of nitrogens with one attached hydrogen (secondary N) is 1. The van der Waals surface area contributed by atoms with Crippen LogP contribution in [0.3, 0.4) is 0 Å². The van der Waals surface area contributed by atoms with Gasteiger partial charge in [0, 0.05) is 6.54 Å². The largest absolute Gasteiger partial charge is 0.474 e. The van der Waals surface area contributed by atoms with Crippen LogP contribution in [0.4, 0.5) is 0 Å². The Morgan fingerprint density at radius 3 is 2.50 bits per heavy atom. The normalized spacial score (nSPS) is 16.9. The molecule has 0 heterocycles. The molecule has 1 fully saturated rings. The van der Waals surface area contributed by atoms with E-state index >= 15 is 0 Å². The second kappa shape index (κ2) is 5.62. The van der Waals surface area contributed by atoms with Crippen LogP contribution >= 0.6 is 0 Å². The number of carbonyl (C=O) groups excluding carboxylic acids is 1. The van der Waals surface area contributed by atoms with Gasteiger partial charge in [-0.15, -0.1) is 0 Å². The molecular formula is C10H17NO3. The Hall–Kier alpha value is -1.06. The molecule has 0 aromatic rings. The maximum atomic E-state index is 10.6. The Kier molecular flexibility index (Phi) is 4.43. The fourth-order valence-electron chi connectivity index (χ4n) is 1.97. The van der Waals surface area contributed by atoms with Crippen LogP contribution in [0.25, 0.3) is 0 Å². The fraction of sp³-hybridized carbons (Fsp3) is 0.800. The monoisotopic (exact) mass is 199 g/mol. The molecule has 0 saturated heterocycles. The first-order valence-corrected chi connectivity index (χ1v) is 5.21. The highest BCUT2D eigenvalue weighted by atomic mass is 16.4. The van der Waals surface area contributed by atoms with E-state index in [9.17, 15) is 9.59 Å². The number of hydrogen-bond donors (Lipinski definition) is 2. The van der Waals surface area contributed by atoms with Crippen molar-refractivity contribution in [2.45, 2.75) is 38.5 Å². The summed E-state index contributed by atoms with van der Waals surface area (Å²) in [6.45, 7) is 0.488. The zero-order chi connectivity index (χ0) is 10.4. The molecule has 4 nitrogen and oxygen atoms in total. The van der Waals surface area contributed by atoms with Crippen LogP contribution in [0.2, 0.25) is 0 Å². The van der Waals surface area contributed by atoms with Gasteiger partial charge in [-0.2, -0.15) is 0 Å². The molecule has 0 unspecified atom stereocenters. The molecule has 1 aliphatic rings. The van der Waals surface area contributed by atoms with Gasteiger partial charge in [0.2, 0.25) is 0 Å². The van der Waals surface area contributed by atoms with Gasteiger partial charge in [0.05, 0.1) is 0 Å². The van der Waals surface area contributed by atoms with E-state index < -0.39 is 11.9 Å². The standard InChI is InChI=1S/C10H17NO3/c12-9(10(13)14)11-7-3-6-8-4-1-2-5-8/h8H,1-7H2,(H,11,12)(H,13,14). The van der Waals surface area contributed by atoms with Gasteiger partial charge in [-0.05, 0) is 18.8 Å². The Morgan fingerprint density at radius 2 is 1.93 bits per heavy atom. The van der Waals surface area contributed by atoms with E-state index in [-0.39, 0.29) is 0 Å². The SMILES string of the molecule is O=C(O)C(=O)NCCCC1CCCC1. The van der Waals surface area contributed by atoms with E-state index in [2.05, 4.69) is 5.32 Å². The molecule has 0 radical (unpaired) electrons. The van der Waals surface area contributed by atoms with Gasteiger partial charge in [-0.3, -0.25) is 4.79 Å². The average molecular weight is 199 g/mol. The van der Waals surface area contributed by atoms with Gasteiger partial charge < -0.3 is 10.4 Å². The smallest absolute Gasteiger partial charge is 0.394 e. The summed E-state index contributed by atoms with van der Waals surface area (Å²) >= 11 is 0. The lowest BCUT2D eigenvalue weighted by Gasteiger charge is -2.07. The first kappa shape index (κ1) is 11.0. The molecular weight excluding hydrogens is 182 g/mol. The molecule has 0 bridgehead atoms. The number of carbonyl (C=O) groups is 2. The molecule has 0 aromatic heterocycles. The zero-order valence-corrected chi connectivity index (χ0v) is 8.29. The number of carboxylic acids is 1. The molecule has 1 saturated carbocycles. The van der Waals surface area contributed by atoms with Crippen molar-refractivity contribution in [2.24, 2.45) is 5.92 Å². The second-order valence-electron chi connectivity index (χ2n) is 3.85. The van der Waals surface area contributed by atoms with Gasteiger partial charge in [0.25, 0.3) is 0 Å². The average Bonchev–Trinajstić information content (AvgIpc) is 2.64. The maximum absolute atomic E-state index is 10.6. The van der Waals surface area contributed by atoms with Crippen molar-refractivity contribution in [2.75, 3.05) is 6.54 Å². The highest BCUT2D eigenvalue weighted by Gasteiger charge is 2.14. The van der Waals surface area contributed by atoms with Gasteiger partial charge in [-0.1, -0.05) is 25.7 Å². The van der Waals surface area contributed by atoms with E-state index in [0.29, 0.717) is 6.54 Å². The molecule has 2 N–H and O–H groups in total. The highest BCUT2D eigenvalue weighted by molar-refractivity contribution is 6.31. The number of aliphatic carboxylic acids is 1. The molecule has 0 atom stereocenters. The second-order valence-corrected chi connectivity index (χ2v) is 3.85. The summed E-state index contributed by atoms with van der Waals surface area (Å²) in [7, 11) is 0. The van der Waals surface area contributed by atoms with Crippen molar-refractivity contribution in [3.8, 4) is 0 Å². The third kappa shape index (κ3) is 3.77. The van der Waals surface area contributed by atoms with E-state index in [0.717, 1.165) is 18.8 Å². The zero-order valence-electron chi connectivity index (χ0n) is 8.29. The number of carboxylic acid groups (broad SMARTS) is 1. The molecule has 0 aromatic carbocycles. The van der Waals surface area contributed by atoms with Crippen molar-refractivity contribution in [1.29, 1.82) is 0 Å². The van der Waals surface area contributed by atoms with E-state index in [4.69, 9.17) is 5.11 Å². The van der Waals surface area contributed by atoms with Gasteiger partial charge in [0.1, 0.15) is 0 Å². The summed E-state index contributed by atoms with van der Waals surface area (Å²) in [4.78, 5) is 20.8. The first-order chi connectivity index (χ1) is 6.70. The minimum Gasteiger partial charge on any atom is -0.474 e. The van der Waals surface area contributed by atoms with Crippen molar-refractivity contribution in [3.05, 3.63) is 0 Å². The Bertz CT molecular complexity index is 209. The minimum absolute atomic E-state index is 0.488. The van der Waals surface area contributed by atoms with Crippen LogP contribution in [0, 0.1) is 5.92 Å². The fourth-order valence-corrected chi connectivity index (χ4v) is 1.97. The van der Waals surface area contributed by atoms with Gasteiger partial charge in [-0.25, -0.2) is 4.79 Å². The summed E-state index contributed by atoms with van der Waals surface area (Å²) in [6.07, 6.45) is 7.25. The summed E-state index contributed by atoms with van der Waals surface area (Å²) < 4.78 is 0. The summed E-state index contributed by atoms with van der Waals surface area (Å²) in [6, 6.07) is 0. The maximum Gasteiger partial charge on any atom is 0.394 e. The summed E-state index contributed by atoms with van der Waals surface area (Å²) in [5.74, 6) is -1.49. The predicted octanol–water partition coefficient (Wildman–Crippen LogP) is 1.16. The molecule has 14 heavy (non-hydrogen) atoms. The first-order valence-electron chi connectivity index (χ1n) is 5.21. The molecule has 0 spiro atoms. The summed E-state index contributed by atoms with van der Waals surface area (Å²) in [5.41, 5.74) is 0. The highest BCUT2D eigenvalue weighted by Crippen LogP contribution is 2.28. The third-order valence-corrected chi connectivity index (χ3v) is 2.74. The van der Waals surface area contributed by atoms with Gasteiger partial charge in [0.15, 0.2) is 0 Å². The Balaban J connectivity index is 1.98. The molecule has 0 aliphatic heterocycles. The van der Waals surface area contributed by atoms with Gasteiger partial charge >= 0.3 is 11.9 Å². The quantitative estimate of drug-likeness (QED) is 0.527. The van der Waals surface area contributed by atoms with Crippen LogP contribution in [-0.4, -0.2) is 23.5 Å². The Labute approximate surface area is 83.7 Å². The summed E-state index contributed by atoms with van der Waals surface area (Å²) in [5, 5.41) is 10.6. The van der Waals surface area contributed by atoms with Crippen LogP contribution in [0.5, 0.6) is 0 Å². The number of amides is 1. The lowest BCUT2D eigenvalue weighted by molar-refractivity contribution is -0.150. The van der Waals surface area contributed by atoms with Crippen LogP contribution in [0.15, 0.2) is 0 Å². The lowest BCUT2D eigenvalue weighted by Crippen LogP contribution is -2.31. The van der Waals surface area contributed by atoms with Crippen LogP contribution in [-0.2, 0) is 9.59 Å². The molecule has 1 amide bonds. The Morgan fingerprint density at radius 1 is 1.29 bits per heavy atom. The van der Waals surface area contributed by atoms with E-state index in [1.165, 1.54) is 25.7 Å². The van der Waals surface area contributed by atoms with E-state index in [1.54, 1.807) is 0 Å². The third-order valence-electron chi connectivity index (χ3n) is 2.74. The number of rotatable bonds is 4. The van der Waals surface area contributed by atoms with E-state index in [1.807, 2.05) is 0 Å². The predicted molar refractivity (Wildman–Crippen MR) is 51.8 cm³/mol. The van der Waals surface area contributed by atoms with Crippen molar-refractivity contribution in [1.82, 2.24) is 5.32 Å². The van der Waals surface area contributed by atoms with Crippen molar-refractivity contribution < 1.29 is 14.7 Å². The molecule has 4 heteroatoms. The van der Waals surface area contributed by atoms with Crippen LogP contribution in [0.1, 0.15) is 38.5 Å². The minimum atomic E-state index is -1.40. The van der Waals surface area contributed by atoms with Crippen molar-refractivity contribution in [3.63, 3.8) is 0 Å². The molecule has 80 valence electrons.